The van der Waals surface area contributed by atoms with Gasteiger partial charge in [-0.2, -0.15) is 0 Å². The smallest absolute Gasteiger partial charge is 0.134 e. The van der Waals surface area contributed by atoms with Crippen molar-refractivity contribution in [2.75, 3.05) is 5.73 Å². The maximum Gasteiger partial charge on any atom is 0.134 e. The van der Waals surface area contributed by atoms with Crippen LogP contribution in [0.5, 0.6) is 0 Å². The molecule has 0 fully saturated rings. The molecule has 4 nitrogen and oxygen atoms in total. The topological polar surface area (TPSA) is 78.1 Å². The molecule has 0 radical (unpaired) electrons. The molecule has 21 heavy (non-hydrogen) atoms. The minimum atomic E-state index is 0.346. The minimum absolute atomic E-state index is 0.346. The van der Waals surface area contributed by atoms with Gasteiger partial charge in [-0.1, -0.05) is 24.3 Å². The summed E-state index contributed by atoms with van der Waals surface area (Å²) in [6.45, 7) is 0.346. The standard InChI is InChI=1S/C17H15N3O/c18-9-13-15(14-6-3-7-21-14)12-8-10-4-1-2-5-11(10)16(12)20-17(13)19/h1-7H,8-9,18H2,(H2,19,20). The molecule has 1 aliphatic carbocycles. The minimum Gasteiger partial charge on any atom is -0.464 e. The van der Waals surface area contributed by atoms with Crippen LogP contribution in [0.15, 0.2) is 47.1 Å². The van der Waals surface area contributed by atoms with Crippen molar-refractivity contribution in [1.82, 2.24) is 4.98 Å². The van der Waals surface area contributed by atoms with Crippen LogP contribution in [0.2, 0.25) is 0 Å². The van der Waals surface area contributed by atoms with Gasteiger partial charge in [-0.15, -0.1) is 0 Å². The van der Waals surface area contributed by atoms with Crippen molar-refractivity contribution in [2.45, 2.75) is 13.0 Å². The Morgan fingerprint density at radius 2 is 2.00 bits per heavy atom. The van der Waals surface area contributed by atoms with Crippen LogP contribution < -0.4 is 11.5 Å². The van der Waals surface area contributed by atoms with Gasteiger partial charge >= 0.3 is 0 Å². The van der Waals surface area contributed by atoms with Gasteiger partial charge < -0.3 is 15.9 Å². The Morgan fingerprint density at radius 1 is 1.14 bits per heavy atom. The molecule has 4 heteroatoms. The Kier molecular flexibility index (Phi) is 2.59. The second kappa shape index (κ2) is 4.46. The van der Waals surface area contributed by atoms with Gasteiger partial charge in [-0.3, -0.25) is 0 Å². The quantitative estimate of drug-likeness (QED) is 0.590. The SMILES string of the molecule is NCc1c(N)nc2c(c1-c1ccco1)Cc1ccccc1-2. The van der Waals surface area contributed by atoms with E-state index < -0.39 is 0 Å². The molecule has 104 valence electrons. The fourth-order valence-electron chi connectivity index (χ4n) is 3.10. The number of fused-ring (bicyclic) bond motifs is 3. The number of nitrogens with two attached hydrogens (primary N) is 2. The molecule has 0 bridgehead atoms. The van der Waals surface area contributed by atoms with Crippen molar-refractivity contribution < 1.29 is 4.42 Å². The second-order valence-corrected chi connectivity index (χ2v) is 5.19. The van der Waals surface area contributed by atoms with Crippen LogP contribution in [-0.4, -0.2) is 4.98 Å². The Bertz CT molecular complexity index is 822. The summed E-state index contributed by atoms with van der Waals surface area (Å²) in [4.78, 5) is 4.59. The highest BCUT2D eigenvalue weighted by atomic mass is 16.3. The summed E-state index contributed by atoms with van der Waals surface area (Å²) < 4.78 is 5.60. The van der Waals surface area contributed by atoms with Crippen LogP contribution >= 0.6 is 0 Å². The number of aromatic nitrogens is 1. The molecule has 0 aliphatic heterocycles. The third-order valence-electron chi connectivity index (χ3n) is 4.04. The number of anilines is 1. The van der Waals surface area contributed by atoms with E-state index in [4.69, 9.17) is 15.9 Å². The molecule has 1 aliphatic rings. The van der Waals surface area contributed by atoms with E-state index in [9.17, 15) is 0 Å². The van der Waals surface area contributed by atoms with E-state index in [-0.39, 0.29) is 0 Å². The first-order valence-corrected chi connectivity index (χ1v) is 6.93. The molecule has 0 saturated carbocycles. The van der Waals surface area contributed by atoms with Crippen LogP contribution in [0.1, 0.15) is 16.7 Å². The molecular formula is C17H15N3O. The lowest BCUT2D eigenvalue weighted by Crippen LogP contribution is -2.08. The molecule has 0 amide bonds. The van der Waals surface area contributed by atoms with Gasteiger partial charge in [-0.05, 0) is 23.3 Å². The molecule has 4 N–H and O–H groups in total. The van der Waals surface area contributed by atoms with Crippen molar-refractivity contribution in [2.24, 2.45) is 5.73 Å². The first kappa shape index (κ1) is 12.2. The van der Waals surface area contributed by atoms with Crippen molar-refractivity contribution >= 4 is 5.82 Å². The van der Waals surface area contributed by atoms with Crippen molar-refractivity contribution in [3.8, 4) is 22.6 Å². The lowest BCUT2D eigenvalue weighted by molar-refractivity contribution is 0.581. The number of nitrogen functional groups attached to an aromatic ring is 1. The molecule has 0 unspecified atom stereocenters. The Balaban J connectivity index is 2.06. The molecular weight excluding hydrogens is 262 g/mol. The number of hydrogen-bond donors (Lipinski definition) is 2. The molecule has 2 aromatic heterocycles. The third-order valence-corrected chi connectivity index (χ3v) is 4.04. The van der Waals surface area contributed by atoms with Gasteiger partial charge in [0.15, 0.2) is 0 Å². The second-order valence-electron chi connectivity index (χ2n) is 5.19. The van der Waals surface area contributed by atoms with Crippen molar-refractivity contribution in [1.29, 1.82) is 0 Å². The van der Waals surface area contributed by atoms with Gasteiger partial charge in [0.2, 0.25) is 0 Å². The fraction of sp³-hybridized carbons (Fsp3) is 0.118. The van der Waals surface area contributed by atoms with Crippen LogP contribution in [0.4, 0.5) is 5.82 Å². The number of rotatable bonds is 2. The zero-order chi connectivity index (χ0) is 14.4. The van der Waals surface area contributed by atoms with E-state index in [1.807, 2.05) is 24.3 Å². The number of benzene rings is 1. The lowest BCUT2D eigenvalue weighted by atomic mass is 9.98. The molecule has 4 rings (SSSR count). The van der Waals surface area contributed by atoms with E-state index in [1.165, 1.54) is 5.56 Å². The predicted octanol–water partition coefficient (Wildman–Crippen LogP) is 2.95. The highest BCUT2D eigenvalue weighted by molar-refractivity contribution is 5.85. The first-order valence-electron chi connectivity index (χ1n) is 6.93. The number of hydrogen-bond acceptors (Lipinski definition) is 4. The average molecular weight is 277 g/mol. The molecule has 1 aromatic carbocycles. The Hall–Kier alpha value is -2.59. The van der Waals surface area contributed by atoms with Gasteiger partial charge in [0.1, 0.15) is 11.6 Å². The number of furan rings is 1. The Labute approximate surface area is 122 Å². The van der Waals surface area contributed by atoms with Crippen molar-refractivity contribution in [3.63, 3.8) is 0 Å². The van der Waals surface area contributed by atoms with E-state index in [0.717, 1.165) is 40.1 Å². The predicted molar refractivity (Wildman–Crippen MR) is 82.5 cm³/mol. The first-order chi connectivity index (χ1) is 10.3. The summed E-state index contributed by atoms with van der Waals surface area (Å²) in [5, 5.41) is 0. The normalized spacial score (nSPS) is 12.2. The van der Waals surface area contributed by atoms with E-state index in [2.05, 4.69) is 17.1 Å². The summed E-state index contributed by atoms with van der Waals surface area (Å²) in [5.41, 5.74) is 18.4. The zero-order valence-electron chi connectivity index (χ0n) is 11.5. The van der Waals surface area contributed by atoms with Crippen LogP contribution in [0.3, 0.4) is 0 Å². The molecule has 2 heterocycles. The van der Waals surface area contributed by atoms with Crippen LogP contribution in [0.25, 0.3) is 22.6 Å². The molecule has 0 saturated heterocycles. The summed E-state index contributed by atoms with van der Waals surface area (Å²) >= 11 is 0. The molecule has 3 aromatic rings. The fourth-order valence-corrected chi connectivity index (χ4v) is 3.10. The molecule has 0 atom stereocenters. The monoisotopic (exact) mass is 277 g/mol. The summed E-state index contributed by atoms with van der Waals surface area (Å²) in [6.07, 6.45) is 2.50. The van der Waals surface area contributed by atoms with E-state index >= 15 is 0 Å². The van der Waals surface area contributed by atoms with Gasteiger partial charge in [0.05, 0.1) is 12.0 Å². The summed E-state index contributed by atoms with van der Waals surface area (Å²) in [6, 6.07) is 12.1. The van der Waals surface area contributed by atoms with E-state index in [1.54, 1.807) is 6.26 Å². The summed E-state index contributed by atoms with van der Waals surface area (Å²) in [7, 11) is 0. The highest BCUT2D eigenvalue weighted by Crippen LogP contribution is 2.43. The third kappa shape index (κ3) is 1.69. The van der Waals surface area contributed by atoms with E-state index in [0.29, 0.717) is 12.4 Å². The Morgan fingerprint density at radius 3 is 2.76 bits per heavy atom. The van der Waals surface area contributed by atoms with Crippen molar-refractivity contribution in [3.05, 3.63) is 59.4 Å². The number of pyridine rings is 1. The zero-order valence-corrected chi connectivity index (χ0v) is 11.5. The maximum absolute atomic E-state index is 6.14. The van der Waals surface area contributed by atoms with Gasteiger partial charge in [0.25, 0.3) is 0 Å². The highest BCUT2D eigenvalue weighted by Gasteiger charge is 2.27. The number of nitrogens with zero attached hydrogens (tertiary/aromatic N) is 1. The lowest BCUT2D eigenvalue weighted by Gasteiger charge is -2.13. The maximum atomic E-state index is 6.14. The summed E-state index contributed by atoms with van der Waals surface area (Å²) in [5.74, 6) is 1.29. The van der Waals surface area contributed by atoms with Gasteiger partial charge in [-0.25, -0.2) is 4.98 Å². The van der Waals surface area contributed by atoms with Crippen LogP contribution in [-0.2, 0) is 13.0 Å². The van der Waals surface area contributed by atoms with Crippen LogP contribution in [0, 0.1) is 0 Å². The molecule has 0 spiro atoms. The van der Waals surface area contributed by atoms with Gasteiger partial charge in [0, 0.05) is 29.7 Å². The average Bonchev–Trinajstić information content (AvgIpc) is 3.13. The largest absolute Gasteiger partial charge is 0.464 e.